The molecule has 1 heterocycles. The summed E-state index contributed by atoms with van der Waals surface area (Å²) in [5.41, 5.74) is 4.86. The molecule has 3 atom stereocenters. The zero-order valence-corrected chi connectivity index (χ0v) is 16.3. The van der Waals surface area contributed by atoms with E-state index in [-0.39, 0.29) is 22.4 Å². The molecule has 1 aromatic heterocycles. The maximum Gasteiger partial charge on any atom is 0.224 e. The molecule has 1 amide bonds. The summed E-state index contributed by atoms with van der Waals surface area (Å²) in [5.74, 6) is -1.72. The molecule has 0 bridgehead atoms. The first-order valence-electron chi connectivity index (χ1n) is 9.86. The van der Waals surface area contributed by atoms with Crippen LogP contribution in [-0.2, 0) is 4.79 Å². The fourth-order valence-corrected chi connectivity index (χ4v) is 5.72. The molecule has 0 spiro atoms. The van der Waals surface area contributed by atoms with Crippen LogP contribution < -0.4 is 5.73 Å². The Morgan fingerprint density at radius 2 is 2.04 bits per heavy atom. The fraction of sp³-hybridized carbons (Fsp3) is 0.524. The Balaban J connectivity index is 1.83. The van der Waals surface area contributed by atoms with Gasteiger partial charge >= 0.3 is 0 Å². The predicted molar refractivity (Wildman–Crippen MR) is 103 cm³/mol. The van der Waals surface area contributed by atoms with E-state index in [9.17, 15) is 9.18 Å². The summed E-state index contributed by atoms with van der Waals surface area (Å²) < 4.78 is 30.0. The van der Waals surface area contributed by atoms with Gasteiger partial charge in [-0.05, 0) is 50.2 Å². The Kier molecular flexibility index (Phi) is 5.17. The van der Waals surface area contributed by atoms with E-state index in [4.69, 9.17) is 17.3 Å². The number of H-pyrrole nitrogens is 1. The quantitative estimate of drug-likeness (QED) is 0.680. The SMILES string of the molecule is NC(=O)C1([C@@H](c2c(F)ccc(Cl)c2F)C2CCCC2)CCC(c2ncc[nH]2)C1. The van der Waals surface area contributed by atoms with Gasteiger partial charge in [0.15, 0.2) is 0 Å². The van der Waals surface area contributed by atoms with E-state index in [1.807, 2.05) is 0 Å². The lowest BCUT2D eigenvalue weighted by molar-refractivity contribution is -0.129. The average molecular weight is 408 g/mol. The first kappa shape index (κ1) is 19.4. The Bertz CT molecular complexity index is 867. The number of nitrogens with one attached hydrogen (secondary N) is 1. The van der Waals surface area contributed by atoms with Gasteiger partial charge in [0.25, 0.3) is 0 Å². The molecule has 7 heteroatoms. The molecule has 3 N–H and O–H groups in total. The molecule has 2 aromatic rings. The average Bonchev–Trinajstić information content (AvgIpc) is 3.42. The monoisotopic (exact) mass is 407 g/mol. The van der Waals surface area contributed by atoms with Crippen LogP contribution in [0.1, 0.15) is 68.2 Å². The number of hydrogen-bond donors (Lipinski definition) is 2. The number of carbonyl (C=O) groups excluding carboxylic acids is 1. The van der Waals surface area contributed by atoms with E-state index in [0.29, 0.717) is 19.3 Å². The number of rotatable bonds is 5. The lowest BCUT2D eigenvalue weighted by atomic mass is 9.63. The van der Waals surface area contributed by atoms with Crippen LogP contribution >= 0.6 is 11.6 Å². The molecule has 2 unspecified atom stereocenters. The minimum Gasteiger partial charge on any atom is -0.369 e. The standard InChI is InChI=1S/C21H24ClF2N3O/c22-14-5-6-15(23)16(18(14)24)17(12-3-1-2-4-12)21(20(25)28)8-7-13(11-21)19-26-9-10-27-19/h5-6,9-10,12-13,17H,1-4,7-8,11H2,(H2,25,28)(H,26,27)/t13?,17-,21?/m1/s1. The lowest BCUT2D eigenvalue weighted by Gasteiger charge is -2.39. The molecule has 0 radical (unpaired) electrons. The highest BCUT2D eigenvalue weighted by molar-refractivity contribution is 6.30. The van der Waals surface area contributed by atoms with Crippen LogP contribution in [0.5, 0.6) is 0 Å². The first-order chi connectivity index (χ1) is 13.4. The minimum absolute atomic E-state index is 0.00492. The first-order valence-corrected chi connectivity index (χ1v) is 10.2. The molecule has 150 valence electrons. The summed E-state index contributed by atoms with van der Waals surface area (Å²) in [6.07, 6.45) is 8.66. The van der Waals surface area contributed by atoms with Crippen molar-refractivity contribution >= 4 is 17.5 Å². The number of primary amides is 1. The molecule has 0 aliphatic heterocycles. The zero-order valence-electron chi connectivity index (χ0n) is 15.6. The highest BCUT2D eigenvalue weighted by Gasteiger charge is 2.54. The number of nitrogens with two attached hydrogens (primary N) is 1. The summed E-state index contributed by atoms with van der Waals surface area (Å²) >= 11 is 6.01. The number of imidazole rings is 1. The van der Waals surface area contributed by atoms with Gasteiger partial charge in [-0.15, -0.1) is 0 Å². The van der Waals surface area contributed by atoms with Gasteiger partial charge in [-0.25, -0.2) is 13.8 Å². The Morgan fingerprint density at radius 3 is 2.68 bits per heavy atom. The van der Waals surface area contributed by atoms with E-state index in [1.54, 1.807) is 12.4 Å². The summed E-state index contributed by atoms with van der Waals surface area (Å²) in [5, 5.41) is -0.125. The predicted octanol–water partition coefficient (Wildman–Crippen LogP) is 5.05. The summed E-state index contributed by atoms with van der Waals surface area (Å²) in [6.45, 7) is 0. The van der Waals surface area contributed by atoms with E-state index >= 15 is 4.39 Å². The fourth-order valence-electron chi connectivity index (χ4n) is 5.55. The van der Waals surface area contributed by atoms with Crippen LogP contribution in [-0.4, -0.2) is 15.9 Å². The highest BCUT2D eigenvalue weighted by atomic mass is 35.5. The van der Waals surface area contributed by atoms with Crippen molar-refractivity contribution in [2.24, 2.45) is 17.1 Å². The van der Waals surface area contributed by atoms with E-state index in [1.165, 1.54) is 12.1 Å². The van der Waals surface area contributed by atoms with Gasteiger partial charge in [-0.1, -0.05) is 24.4 Å². The van der Waals surface area contributed by atoms with Crippen molar-refractivity contribution in [3.05, 3.63) is 52.6 Å². The van der Waals surface area contributed by atoms with Crippen molar-refractivity contribution in [3.8, 4) is 0 Å². The van der Waals surface area contributed by atoms with Crippen molar-refractivity contribution in [2.45, 2.75) is 56.8 Å². The van der Waals surface area contributed by atoms with Crippen LogP contribution in [0.15, 0.2) is 24.5 Å². The number of benzene rings is 1. The maximum atomic E-state index is 15.1. The van der Waals surface area contributed by atoms with Crippen LogP contribution in [0.4, 0.5) is 8.78 Å². The molecule has 4 rings (SSSR count). The molecule has 28 heavy (non-hydrogen) atoms. The van der Waals surface area contributed by atoms with E-state index < -0.39 is 28.9 Å². The minimum atomic E-state index is -1.02. The van der Waals surface area contributed by atoms with Crippen LogP contribution in [0.25, 0.3) is 0 Å². The molecule has 1 aromatic carbocycles. The number of nitrogens with zero attached hydrogens (tertiary/aromatic N) is 1. The van der Waals surface area contributed by atoms with Gasteiger partial charge in [0, 0.05) is 29.8 Å². The topological polar surface area (TPSA) is 71.8 Å². The number of carbonyl (C=O) groups is 1. The van der Waals surface area contributed by atoms with Gasteiger partial charge in [0.2, 0.25) is 5.91 Å². The summed E-state index contributed by atoms with van der Waals surface area (Å²) in [4.78, 5) is 20.3. The van der Waals surface area contributed by atoms with Crippen molar-refractivity contribution in [3.63, 3.8) is 0 Å². The highest BCUT2D eigenvalue weighted by Crippen LogP contribution is 2.59. The van der Waals surface area contributed by atoms with E-state index in [0.717, 1.165) is 31.5 Å². The molecular formula is C21H24ClF2N3O. The second-order valence-electron chi connectivity index (χ2n) is 8.21. The Morgan fingerprint density at radius 1 is 1.29 bits per heavy atom. The van der Waals surface area contributed by atoms with Crippen molar-refractivity contribution in [1.82, 2.24) is 9.97 Å². The Labute approximate surface area is 167 Å². The molecule has 0 saturated heterocycles. The Hall–Kier alpha value is -1.95. The molecule has 2 aliphatic rings. The van der Waals surface area contributed by atoms with Gasteiger partial charge in [0.05, 0.1) is 10.4 Å². The van der Waals surface area contributed by atoms with Gasteiger partial charge in [0.1, 0.15) is 17.5 Å². The molecule has 4 nitrogen and oxygen atoms in total. The largest absolute Gasteiger partial charge is 0.369 e. The number of amides is 1. The van der Waals surface area contributed by atoms with Crippen molar-refractivity contribution < 1.29 is 13.6 Å². The van der Waals surface area contributed by atoms with Crippen molar-refractivity contribution in [1.29, 1.82) is 0 Å². The third-order valence-corrected chi connectivity index (χ3v) is 7.10. The lowest BCUT2D eigenvalue weighted by Crippen LogP contribution is -2.43. The van der Waals surface area contributed by atoms with Gasteiger partial charge in [-0.2, -0.15) is 0 Å². The molecular weight excluding hydrogens is 384 g/mol. The van der Waals surface area contributed by atoms with Crippen LogP contribution in [0.2, 0.25) is 5.02 Å². The number of aromatic nitrogens is 2. The van der Waals surface area contributed by atoms with Crippen LogP contribution in [0, 0.1) is 23.0 Å². The maximum absolute atomic E-state index is 15.1. The second-order valence-corrected chi connectivity index (χ2v) is 8.62. The third-order valence-electron chi connectivity index (χ3n) is 6.80. The van der Waals surface area contributed by atoms with Gasteiger partial charge in [-0.3, -0.25) is 4.79 Å². The normalized spacial score (nSPS) is 26.6. The van der Waals surface area contributed by atoms with Crippen LogP contribution in [0.3, 0.4) is 0 Å². The van der Waals surface area contributed by atoms with Gasteiger partial charge < -0.3 is 10.7 Å². The molecule has 2 saturated carbocycles. The van der Waals surface area contributed by atoms with E-state index in [2.05, 4.69) is 9.97 Å². The molecule has 2 fully saturated rings. The summed E-state index contributed by atoms with van der Waals surface area (Å²) in [7, 11) is 0. The smallest absolute Gasteiger partial charge is 0.224 e. The zero-order chi connectivity index (χ0) is 19.9. The number of hydrogen-bond acceptors (Lipinski definition) is 2. The van der Waals surface area contributed by atoms with Crippen molar-refractivity contribution in [2.75, 3.05) is 0 Å². The molecule has 2 aliphatic carbocycles. The third kappa shape index (κ3) is 3.11. The number of halogens is 3. The second kappa shape index (κ2) is 7.47. The number of aromatic amines is 1. The summed E-state index contributed by atoms with van der Waals surface area (Å²) in [6, 6.07) is 2.41.